The van der Waals surface area contributed by atoms with E-state index < -0.39 is 10.0 Å². The molecule has 0 fully saturated rings. The van der Waals surface area contributed by atoms with Crippen LogP contribution in [-0.2, 0) is 16.6 Å². The molecule has 0 aliphatic carbocycles. The highest BCUT2D eigenvalue weighted by Gasteiger charge is 2.18. The van der Waals surface area contributed by atoms with Gasteiger partial charge in [0, 0.05) is 17.6 Å². The van der Waals surface area contributed by atoms with Gasteiger partial charge in [0.2, 0.25) is 10.0 Å². The Hall–Kier alpha value is -0.0800. The molecule has 0 aliphatic heterocycles. The molecule has 1 rings (SSSR count). The van der Waals surface area contributed by atoms with Crippen molar-refractivity contribution in [2.24, 2.45) is 5.73 Å². The standard InChI is InChI=1S/C12H19BrN2O2S2/c1-9-11(13)6-10(8-14)7-12(9)19(16,17)15-4-3-5-18-2/h6-7,15H,3-5,8,14H2,1-2H3. The summed E-state index contributed by atoms with van der Waals surface area (Å²) in [7, 11) is -3.47. The van der Waals surface area contributed by atoms with Gasteiger partial charge in [-0.1, -0.05) is 15.9 Å². The van der Waals surface area contributed by atoms with Crippen LogP contribution < -0.4 is 10.5 Å². The number of halogens is 1. The van der Waals surface area contributed by atoms with Gasteiger partial charge in [0.05, 0.1) is 4.90 Å². The highest BCUT2D eigenvalue weighted by Crippen LogP contribution is 2.25. The maximum absolute atomic E-state index is 12.3. The molecule has 0 aromatic heterocycles. The van der Waals surface area contributed by atoms with Crippen molar-refractivity contribution in [2.45, 2.75) is 24.8 Å². The van der Waals surface area contributed by atoms with Crippen LogP contribution in [0.2, 0.25) is 0 Å². The van der Waals surface area contributed by atoms with Gasteiger partial charge >= 0.3 is 0 Å². The first-order chi connectivity index (χ1) is 8.92. The van der Waals surface area contributed by atoms with E-state index in [9.17, 15) is 8.42 Å². The predicted molar refractivity (Wildman–Crippen MR) is 85.0 cm³/mol. The molecule has 0 bridgehead atoms. The normalized spacial score (nSPS) is 11.8. The van der Waals surface area contributed by atoms with Gasteiger partial charge in [-0.2, -0.15) is 11.8 Å². The SMILES string of the molecule is CSCCCNS(=O)(=O)c1cc(CN)cc(Br)c1C. The van der Waals surface area contributed by atoms with Crippen molar-refractivity contribution in [3.63, 3.8) is 0 Å². The zero-order valence-electron chi connectivity index (χ0n) is 11.1. The number of hydrogen-bond acceptors (Lipinski definition) is 4. The van der Waals surface area contributed by atoms with Gasteiger partial charge in [0.25, 0.3) is 0 Å². The Labute approximate surface area is 127 Å². The molecule has 4 nitrogen and oxygen atoms in total. The maximum atomic E-state index is 12.3. The lowest BCUT2D eigenvalue weighted by molar-refractivity contribution is 0.580. The molecule has 1 aromatic rings. The summed E-state index contributed by atoms with van der Waals surface area (Å²) < 4.78 is 27.9. The second-order valence-electron chi connectivity index (χ2n) is 4.15. The van der Waals surface area contributed by atoms with E-state index in [0.717, 1.165) is 22.2 Å². The fourth-order valence-electron chi connectivity index (χ4n) is 1.60. The fourth-order valence-corrected chi connectivity index (χ4v) is 4.06. The zero-order valence-corrected chi connectivity index (χ0v) is 14.3. The molecule has 3 N–H and O–H groups in total. The average molecular weight is 367 g/mol. The highest BCUT2D eigenvalue weighted by atomic mass is 79.9. The molecule has 1 aromatic carbocycles. The van der Waals surface area contributed by atoms with E-state index in [0.29, 0.717) is 23.5 Å². The van der Waals surface area contributed by atoms with Crippen LogP contribution >= 0.6 is 27.7 Å². The number of sulfonamides is 1. The Balaban J connectivity index is 2.97. The monoisotopic (exact) mass is 366 g/mol. The van der Waals surface area contributed by atoms with Crippen LogP contribution in [0, 0.1) is 6.92 Å². The zero-order chi connectivity index (χ0) is 14.5. The maximum Gasteiger partial charge on any atom is 0.240 e. The molecule has 0 spiro atoms. The van der Waals surface area contributed by atoms with Gasteiger partial charge in [-0.3, -0.25) is 0 Å². The summed E-state index contributed by atoms with van der Waals surface area (Å²) in [6.45, 7) is 2.54. The molecular weight excluding hydrogens is 348 g/mol. The van der Waals surface area contributed by atoms with Crippen LogP contribution in [0.1, 0.15) is 17.5 Å². The topological polar surface area (TPSA) is 72.2 Å². The minimum atomic E-state index is -3.47. The number of hydrogen-bond donors (Lipinski definition) is 2. The first-order valence-corrected chi connectivity index (χ1v) is 9.57. The Morgan fingerprint density at radius 2 is 2.11 bits per heavy atom. The van der Waals surface area contributed by atoms with Crippen molar-refractivity contribution in [1.29, 1.82) is 0 Å². The quantitative estimate of drug-likeness (QED) is 0.725. The summed E-state index contributed by atoms with van der Waals surface area (Å²) in [6.07, 6.45) is 2.82. The van der Waals surface area contributed by atoms with E-state index in [4.69, 9.17) is 5.73 Å². The summed E-state index contributed by atoms with van der Waals surface area (Å²) in [5.74, 6) is 0.939. The van der Waals surface area contributed by atoms with Crippen molar-refractivity contribution in [2.75, 3.05) is 18.6 Å². The third kappa shape index (κ3) is 4.75. The summed E-state index contributed by atoms with van der Waals surface area (Å²) in [6, 6.07) is 3.49. The van der Waals surface area contributed by atoms with Crippen molar-refractivity contribution < 1.29 is 8.42 Å². The van der Waals surface area contributed by atoms with Crippen LogP contribution in [0.25, 0.3) is 0 Å². The number of benzene rings is 1. The van der Waals surface area contributed by atoms with Crippen LogP contribution in [-0.4, -0.2) is 27.0 Å². The fraction of sp³-hybridized carbons (Fsp3) is 0.500. The van der Waals surface area contributed by atoms with Crippen LogP contribution in [0.4, 0.5) is 0 Å². The molecule has 0 saturated carbocycles. The lowest BCUT2D eigenvalue weighted by Crippen LogP contribution is -2.26. The van der Waals surface area contributed by atoms with Crippen molar-refractivity contribution in [1.82, 2.24) is 4.72 Å². The molecular formula is C12H19BrN2O2S2. The molecule has 7 heteroatoms. The highest BCUT2D eigenvalue weighted by molar-refractivity contribution is 9.10. The Kier molecular flexibility index (Phi) is 6.82. The molecule has 0 radical (unpaired) electrons. The predicted octanol–water partition coefficient (Wildman–Crippen LogP) is 2.25. The van der Waals surface area contributed by atoms with Gasteiger partial charge in [-0.15, -0.1) is 0 Å². The Bertz CT molecular complexity index is 533. The number of nitrogens with one attached hydrogen (secondary N) is 1. The Morgan fingerprint density at radius 1 is 1.42 bits per heavy atom. The van der Waals surface area contributed by atoms with E-state index in [2.05, 4.69) is 20.7 Å². The lowest BCUT2D eigenvalue weighted by atomic mass is 10.1. The van der Waals surface area contributed by atoms with Gasteiger partial charge in [-0.25, -0.2) is 13.1 Å². The molecule has 19 heavy (non-hydrogen) atoms. The smallest absolute Gasteiger partial charge is 0.240 e. The molecule has 0 amide bonds. The van der Waals surface area contributed by atoms with E-state index >= 15 is 0 Å². The first-order valence-electron chi connectivity index (χ1n) is 5.90. The van der Waals surface area contributed by atoms with Crippen LogP contribution in [0.3, 0.4) is 0 Å². The minimum absolute atomic E-state index is 0.298. The van der Waals surface area contributed by atoms with E-state index in [-0.39, 0.29) is 0 Å². The summed E-state index contributed by atoms with van der Waals surface area (Å²) in [5.41, 5.74) is 7.08. The summed E-state index contributed by atoms with van der Waals surface area (Å²) in [5, 5.41) is 0. The molecule has 0 unspecified atom stereocenters. The lowest BCUT2D eigenvalue weighted by Gasteiger charge is -2.12. The van der Waals surface area contributed by atoms with Gasteiger partial charge in [-0.05, 0) is 48.6 Å². The minimum Gasteiger partial charge on any atom is -0.326 e. The van der Waals surface area contributed by atoms with E-state index in [1.807, 2.05) is 12.3 Å². The molecule has 0 heterocycles. The summed E-state index contributed by atoms with van der Waals surface area (Å²) >= 11 is 5.07. The second-order valence-corrected chi connectivity index (χ2v) is 7.72. The first kappa shape index (κ1) is 17.0. The second kappa shape index (κ2) is 7.64. The van der Waals surface area contributed by atoms with Gasteiger partial charge in [0.15, 0.2) is 0 Å². The van der Waals surface area contributed by atoms with Gasteiger partial charge < -0.3 is 5.73 Å². The Morgan fingerprint density at radius 3 is 2.68 bits per heavy atom. The summed E-state index contributed by atoms with van der Waals surface area (Å²) in [4.78, 5) is 0.298. The molecule has 108 valence electrons. The van der Waals surface area contributed by atoms with Crippen LogP contribution in [0.15, 0.2) is 21.5 Å². The number of rotatable bonds is 7. The molecule has 0 saturated heterocycles. The van der Waals surface area contributed by atoms with Crippen molar-refractivity contribution in [3.8, 4) is 0 Å². The van der Waals surface area contributed by atoms with Crippen molar-refractivity contribution >= 4 is 37.7 Å². The van der Waals surface area contributed by atoms with Gasteiger partial charge in [0.1, 0.15) is 0 Å². The molecule has 0 atom stereocenters. The average Bonchev–Trinajstić information content (AvgIpc) is 2.37. The number of nitrogens with two attached hydrogens (primary N) is 1. The molecule has 0 aliphatic rings. The third-order valence-corrected chi connectivity index (χ3v) is 5.81. The van der Waals surface area contributed by atoms with Crippen LogP contribution in [0.5, 0.6) is 0 Å². The van der Waals surface area contributed by atoms with Crippen molar-refractivity contribution in [3.05, 3.63) is 27.7 Å². The largest absolute Gasteiger partial charge is 0.326 e. The third-order valence-electron chi connectivity index (χ3n) is 2.70. The van der Waals surface area contributed by atoms with E-state index in [1.165, 1.54) is 0 Å². The van der Waals surface area contributed by atoms with E-state index in [1.54, 1.807) is 24.8 Å². The number of thioether (sulfide) groups is 1.